The molecule has 1 atom stereocenters. The van der Waals surface area contributed by atoms with Crippen molar-refractivity contribution in [3.63, 3.8) is 0 Å². The molecule has 0 aliphatic carbocycles. The number of hydrogen-bond donors (Lipinski definition) is 1. The number of aldehydes is 1. The second-order valence-corrected chi connectivity index (χ2v) is 5.42. The third-order valence-electron chi connectivity index (χ3n) is 3.66. The Morgan fingerprint density at radius 3 is 2.37 bits per heavy atom. The molecule has 0 saturated heterocycles. The fourth-order valence-corrected chi connectivity index (χ4v) is 2.25. The van der Waals surface area contributed by atoms with Gasteiger partial charge in [0.1, 0.15) is 5.75 Å². The fourth-order valence-electron chi connectivity index (χ4n) is 2.25. The quantitative estimate of drug-likeness (QED) is 0.429. The van der Waals surface area contributed by atoms with Crippen LogP contribution >= 0.6 is 0 Å². The Labute approximate surface area is 155 Å². The third-order valence-corrected chi connectivity index (χ3v) is 3.66. The topological polar surface area (TPSA) is 117 Å². The molecule has 142 valence electrons. The SMILES string of the molecule is COc1ccc(NC(=O)[C@H](C)Oc2ccc([N+](=O)[O-])cc2C=O)cc1OC. The highest BCUT2D eigenvalue weighted by Crippen LogP contribution is 2.30. The summed E-state index contributed by atoms with van der Waals surface area (Å²) in [6.07, 6.45) is -0.528. The van der Waals surface area contributed by atoms with Gasteiger partial charge in [-0.05, 0) is 25.1 Å². The Hall–Kier alpha value is -3.62. The second kappa shape index (κ2) is 8.65. The van der Waals surface area contributed by atoms with Gasteiger partial charge in [0.2, 0.25) is 0 Å². The lowest BCUT2D eigenvalue weighted by molar-refractivity contribution is -0.384. The van der Waals surface area contributed by atoms with Crippen LogP contribution in [0.1, 0.15) is 17.3 Å². The number of benzene rings is 2. The van der Waals surface area contributed by atoms with Crippen LogP contribution in [0.5, 0.6) is 17.2 Å². The van der Waals surface area contributed by atoms with Crippen LogP contribution < -0.4 is 19.5 Å². The number of nitro benzene ring substituents is 1. The van der Waals surface area contributed by atoms with Crippen molar-refractivity contribution in [2.75, 3.05) is 19.5 Å². The van der Waals surface area contributed by atoms with Crippen molar-refractivity contribution in [1.82, 2.24) is 0 Å². The standard InChI is InChI=1S/C18H18N2O7/c1-11(27-15-7-5-14(20(23)24)8-12(15)10-21)18(22)19-13-4-6-16(25-2)17(9-13)26-3/h4-11H,1-3H3,(H,19,22)/t11-/m0/s1. The van der Waals surface area contributed by atoms with Crippen molar-refractivity contribution in [3.8, 4) is 17.2 Å². The summed E-state index contributed by atoms with van der Waals surface area (Å²) in [5.41, 5.74) is 0.203. The number of carbonyl (C=O) groups is 2. The molecule has 2 aromatic rings. The molecule has 0 saturated carbocycles. The third kappa shape index (κ3) is 4.72. The van der Waals surface area contributed by atoms with Gasteiger partial charge in [0, 0.05) is 23.9 Å². The van der Waals surface area contributed by atoms with Gasteiger partial charge in [-0.1, -0.05) is 0 Å². The summed E-state index contributed by atoms with van der Waals surface area (Å²) in [6, 6.07) is 8.42. The van der Waals surface area contributed by atoms with E-state index in [1.165, 1.54) is 33.3 Å². The Bertz CT molecular complexity index is 867. The van der Waals surface area contributed by atoms with E-state index in [-0.39, 0.29) is 17.0 Å². The number of nitrogens with one attached hydrogen (secondary N) is 1. The summed E-state index contributed by atoms with van der Waals surface area (Å²) in [5, 5.41) is 13.4. The molecule has 1 N–H and O–H groups in total. The first-order chi connectivity index (χ1) is 12.9. The molecule has 0 aromatic heterocycles. The number of nitro groups is 1. The van der Waals surface area contributed by atoms with Crippen LogP contribution in [0.4, 0.5) is 11.4 Å². The molecule has 0 radical (unpaired) electrons. The summed E-state index contributed by atoms with van der Waals surface area (Å²) in [6.45, 7) is 1.49. The molecular weight excluding hydrogens is 356 g/mol. The van der Waals surface area contributed by atoms with Gasteiger partial charge >= 0.3 is 0 Å². The minimum Gasteiger partial charge on any atom is -0.493 e. The van der Waals surface area contributed by atoms with Crippen LogP contribution in [0.2, 0.25) is 0 Å². The molecule has 0 fully saturated rings. The van der Waals surface area contributed by atoms with Gasteiger partial charge in [-0.15, -0.1) is 0 Å². The summed E-state index contributed by atoms with van der Waals surface area (Å²) < 4.78 is 15.8. The Balaban J connectivity index is 2.12. The van der Waals surface area contributed by atoms with Crippen LogP contribution in [0.15, 0.2) is 36.4 Å². The highest BCUT2D eigenvalue weighted by molar-refractivity contribution is 5.94. The maximum Gasteiger partial charge on any atom is 0.270 e. The summed E-state index contributed by atoms with van der Waals surface area (Å²) in [4.78, 5) is 33.6. The number of amides is 1. The maximum absolute atomic E-state index is 12.3. The van der Waals surface area contributed by atoms with Crippen molar-refractivity contribution >= 4 is 23.6 Å². The first kappa shape index (κ1) is 19.7. The molecule has 0 heterocycles. The molecule has 2 rings (SSSR count). The van der Waals surface area contributed by atoms with E-state index in [4.69, 9.17) is 14.2 Å². The predicted octanol–water partition coefficient (Wildman–Crippen LogP) is 2.83. The summed E-state index contributed by atoms with van der Waals surface area (Å²) in [7, 11) is 2.98. The number of carbonyl (C=O) groups excluding carboxylic acids is 2. The zero-order chi connectivity index (χ0) is 20.0. The van der Waals surface area contributed by atoms with Crippen molar-refractivity contribution in [2.45, 2.75) is 13.0 Å². The van der Waals surface area contributed by atoms with E-state index in [0.29, 0.717) is 23.5 Å². The summed E-state index contributed by atoms with van der Waals surface area (Å²) >= 11 is 0. The predicted molar refractivity (Wildman–Crippen MR) is 96.7 cm³/mol. The lowest BCUT2D eigenvalue weighted by Crippen LogP contribution is -2.30. The van der Waals surface area contributed by atoms with Gasteiger partial charge in [0.25, 0.3) is 11.6 Å². The van der Waals surface area contributed by atoms with Gasteiger partial charge in [-0.3, -0.25) is 19.7 Å². The summed E-state index contributed by atoms with van der Waals surface area (Å²) in [5.74, 6) is 0.562. The first-order valence-electron chi connectivity index (χ1n) is 7.82. The van der Waals surface area contributed by atoms with Gasteiger partial charge in [-0.25, -0.2) is 0 Å². The number of hydrogen-bond acceptors (Lipinski definition) is 7. The monoisotopic (exact) mass is 374 g/mol. The van der Waals surface area contributed by atoms with Gasteiger partial charge in [0.05, 0.1) is 24.7 Å². The smallest absolute Gasteiger partial charge is 0.270 e. The van der Waals surface area contributed by atoms with Gasteiger partial charge < -0.3 is 19.5 Å². The van der Waals surface area contributed by atoms with Gasteiger partial charge in [0.15, 0.2) is 23.9 Å². The maximum atomic E-state index is 12.3. The number of ether oxygens (including phenoxy) is 3. The second-order valence-electron chi connectivity index (χ2n) is 5.42. The Morgan fingerprint density at radius 2 is 1.78 bits per heavy atom. The number of rotatable bonds is 8. The zero-order valence-corrected chi connectivity index (χ0v) is 14.9. The molecule has 0 bridgehead atoms. The molecule has 2 aromatic carbocycles. The minimum absolute atomic E-state index is 0.0185. The zero-order valence-electron chi connectivity index (χ0n) is 14.9. The average Bonchev–Trinajstić information content (AvgIpc) is 2.67. The van der Waals surface area contributed by atoms with E-state index in [1.807, 2.05) is 0 Å². The van der Waals surface area contributed by atoms with Gasteiger partial charge in [-0.2, -0.15) is 0 Å². The first-order valence-corrected chi connectivity index (χ1v) is 7.82. The van der Waals surface area contributed by atoms with E-state index in [2.05, 4.69) is 5.32 Å². The molecule has 9 heteroatoms. The van der Waals surface area contributed by atoms with Crippen LogP contribution in [0.3, 0.4) is 0 Å². The van der Waals surface area contributed by atoms with E-state index in [9.17, 15) is 19.7 Å². The molecule has 0 unspecified atom stereocenters. The molecule has 0 aliphatic rings. The minimum atomic E-state index is -0.960. The molecule has 0 spiro atoms. The van der Waals surface area contributed by atoms with Crippen LogP contribution in [0.25, 0.3) is 0 Å². The lowest BCUT2D eigenvalue weighted by atomic mass is 10.2. The van der Waals surface area contributed by atoms with Crippen LogP contribution in [-0.2, 0) is 4.79 Å². The van der Waals surface area contributed by atoms with E-state index in [0.717, 1.165) is 6.07 Å². The number of nitrogens with zero attached hydrogens (tertiary/aromatic N) is 1. The van der Waals surface area contributed by atoms with E-state index in [1.54, 1.807) is 18.2 Å². The molecule has 9 nitrogen and oxygen atoms in total. The fraction of sp³-hybridized carbons (Fsp3) is 0.222. The Kier molecular flexibility index (Phi) is 6.32. The van der Waals surface area contributed by atoms with Crippen molar-refractivity contribution in [3.05, 3.63) is 52.1 Å². The molecular formula is C18H18N2O7. The number of anilines is 1. The largest absolute Gasteiger partial charge is 0.493 e. The lowest BCUT2D eigenvalue weighted by Gasteiger charge is -2.16. The number of methoxy groups -OCH3 is 2. The van der Waals surface area contributed by atoms with Crippen LogP contribution in [-0.4, -0.2) is 37.4 Å². The molecule has 0 aliphatic heterocycles. The van der Waals surface area contributed by atoms with Crippen molar-refractivity contribution in [1.29, 1.82) is 0 Å². The normalized spacial score (nSPS) is 11.2. The van der Waals surface area contributed by atoms with E-state index >= 15 is 0 Å². The van der Waals surface area contributed by atoms with Crippen molar-refractivity contribution in [2.24, 2.45) is 0 Å². The molecule has 1 amide bonds. The van der Waals surface area contributed by atoms with E-state index < -0.39 is 16.9 Å². The molecule has 27 heavy (non-hydrogen) atoms. The average molecular weight is 374 g/mol. The van der Waals surface area contributed by atoms with Crippen molar-refractivity contribution < 1.29 is 28.7 Å². The highest BCUT2D eigenvalue weighted by atomic mass is 16.6. The van der Waals surface area contributed by atoms with Crippen LogP contribution in [0, 0.1) is 10.1 Å². The Morgan fingerprint density at radius 1 is 1.11 bits per heavy atom. The highest BCUT2D eigenvalue weighted by Gasteiger charge is 2.19. The number of non-ortho nitro benzene ring substituents is 1.